The lowest BCUT2D eigenvalue weighted by Gasteiger charge is -2.06. The van der Waals surface area contributed by atoms with Crippen LogP contribution >= 0.6 is 0 Å². The van der Waals surface area contributed by atoms with Crippen LogP contribution in [0.2, 0.25) is 0 Å². The molecule has 0 radical (unpaired) electrons. The first-order valence-corrected chi connectivity index (χ1v) is 6.43. The van der Waals surface area contributed by atoms with Crippen molar-refractivity contribution in [2.45, 2.75) is 38.8 Å². The Labute approximate surface area is 114 Å². The largest absolute Gasteiger partial charge is 0.381 e. The summed E-state index contributed by atoms with van der Waals surface area (Å²) in [6, 6.07) is 0. The van der Waals surface area contributed by atoms with E-state index in [1.165, 1.54) is 6.20 Å². The second-order valence-electron chi connectivity index (χ2n) is 4.93. The van der Waals surface area contributed by atoms with Crippen molar-refractivity contribution in [2.75, 3.05) is 5.73 Å². The molecular formula is C11H15N7O2. The molecule has 0 saturated heterocycles. The van der Waals surface area contributed by atoms with Crippen molar-refractivity contribution in [3.8, 4) is 0 Å². The van der Waals surface area contributed by atoms with Crippen LogP contribution in [0.5, 0.6) is 0 Å². The molecule has 3 rings (SSSR count). The third-order valence-electron chi connectivity index (χ3n) is 3.52. The van der Waals surface area contributed by atoms with Gasteiger partial charge in [0.1, 0.15) is 12.7 Å². The summed E-state index contributed by atoms with van der Waals surface area (Å²) in [6.07, 6.45) is 3.47. The molecule has 1 saturated carbocycles. The molecule has 0 spiro atoms. The summed E-state index contributed by atoms with van der Waals surface area (Å²) in [5, 5.41) is 18.8. The fourth-order valence-corrected chi connectivity index (χ4v) is 2.35. The number of rotatable bonds is 5. The molecule has 106 valence electrons. The number of nitro groups is 1. The maximum Gasteiger partial charge on any atom is 0.342 e. The molecule has 2 aromatic rings. The van der Waals surface area contributed by atoms with Gasteiger partial charge in [-0.1, -0.05) is 5.21 Å². The van der Waals surface area contributed by atoms with Gasteiger partial charge in [0.05, 0.1) is 12.2 Å². The highest BCUT2D eigenvalue weighted by Gasteiger charge is 2.30. The Bertz CT molecular complexity index is 656. The zero-order valence-corrected chi connectivity index (χ0v) is 11.1. The second-order valence-corrected chi connectivity index (χ2v) is 4.93. The van der Waals surface area contributed by atoms with E-state index in [-0.39, 0.29) is 5.82 Å². The Hall–Kier alpha value is -2.45. The van der Waals surface area contributed by atoms with Gasteiger partial charge in [-0.15, -0.1) is 5.10 Å². The van der Waals surface area contributed by atoms with Gasteiger partial charge in [-0.05, 0) is 17.8 Å². The van der Waals surface area contributed by atoms with Crippen molar-refractivity contribution in [1.29, 1.82) is 0 Å². The number of nitrogen functional groups attached to an aromatic ring is 1. The summed E-state index contributed by atoms with van der Waals surface area (Å²) in [4.78, 5) is 14.5. The van der Waals surface area contributed by atoms with E-state index in [1.54, 1.807) is 16.2 Å². The fraction of sp³-hybridized carbons (Fsp3) is 0.545. The highest BCUT2D eigenvalue weighted by molar-refractivity contribution is 5.38. The molecule has 9 heteroatoms. The molecule has 1 aliphatic carbocycles. The average Bonchev–Trinajstić information content (AvgIpc) is 3.07. The predicted octanol–water partition coefficient (Wildman–Crippen LogP) is 0.851. The monoisotopic (exact) mass is 277 g/mol. The summed E-state index contributed by atoms with van der Waals surface area (Å²) in [6.45, 7) is 2.66. The van der Waals surface area contributed by atoms with Crippen molar-refractivity contribution in [3.63, 3.8) is 0 Å². The average molecular weight is 277 g/mol. The van der Waals surface area contributed by atoms with Crippen LogP contribution in [0.15, 0.2) is 6.20 Å². The third-order valence-corrected chi connectivity index (χ3v) is 3.52. The predicted molar refractivity (Wildman–Crippen MR) is 70.0 cm³/mol. The maximum absolute atomic E-state index is 10.9. The molecule has 2 aromatic heterocycles. The molecule has 1 fully saturated rings. The van der Waals surface area contributed by atoms with Crippen LogP contribution in [-0.4, -0.2) is 29.5 Å². The van der Waals surface area contributed by atoms with Crippen LogP contribution in [0.25, 0.3) is 0 Å². The van der Waals surface area contributed by atoms with E-state index in [1.807, 2.05) is 0 Å². The zero-order valence-electron chi connectivity index (χ0n) is 11.1. The van der Waals surface area contributed by atoms with Crippen LogP contribution in [0, 0.1) is 17.0 Å². The van der Waals surface area contributed by atoms with Crippen LogP contribution in [0.1, 0.15) is 30.3 Å². The molecule has 0 aliphatic heterocycles. The van der Waals surface area contributed by atoms with Gasteiger partial charge >= 0.3 is 5.82 Å². The Morgan fingerprint density at radius 3 is 2.90 bits per heavy atom. The highest BCUT2D eigenvalue weighted by Crippen LogP contribution is 2.41. The zero-order chi connectivity index (χ0) is 14.3. The van der Waals surface area contributed by atoms with Gasteiger partial charge in [-0.25, -0.2) is 14.2 Å². The number of aryl methyl sites for hydroxylation is 2. The smallest absolute Gasteiger partial charge is 0.342 e. The summed E-state index contributed by atoms with van der Waals surface area (Å²) in [7, 11) is 0. The van der Waals surface area contributed by atoms with Gasteiger partial charge in [0.2, 0.25) is 0 Å². The van der Waals surface area contributed by atoms with Gasteiger partial charge in [0.15, 0.2) is 11.6 Å². The minimum Gasteiger partial charge on any atom is -0.381 e. The summed E-state index contributed by atoms with van der Waals surface area (Å²) >= 11 is 0. The highest BCUT2D eigenvalue weighted by atomic mass is 16.6. The van der Waals surface area contributed by atoms with E-state index in [9.17, 15) is 10.1 Å². The lowest BCUT2D eigenvalue weighted by molar-refractivity contribution is -0.392. The Balaban J connectivity index is 1.80. The molecule has 20 heavy (non-hydrogen) atoms. The van der Waals surface area contributed by atoms with Crippen molar-refractivity contribution in [3.05, 3.63) is 27.8 Å². The summed E-state index contributed by atoms with van der Waals surface area (Å²) in [5.74, 6) is 1.49. The van der Waals surface area contributed by atoms with Gasteiger partial charge in [0, 0.05) is 12.8 Å². The van der Waals surface area contributed by atoms with E-state index >= 15 is 0 Å². The van der Waals surface area contributed by atoms with Crippen LogP contribution in [0.3, 0.4) is 0 Å². The van der Waals surface area contributed by atoms with E-state index in [0.717, 1.165) is 18.5 Å². The molecule has 0 amide bonds. The van der Waals surface area contributed by atoms with Crippen molar-refractivity contribution < 1.29 is 4.92 Å². The third kappa shape index (κ3) is 2.10. The minimum atomic E-state index is -0.433. The van der Waals surface area contributed by atoms with Crippen LogP contribution in [0.4, 0.5) is 11.6 Å². The first kappa shape index (κ1) is 12.6. The number of aromatic nitrogens is 5. The van der Waals surface area contributed by atoms with Gasteiger partial charge in [-0.3, -0.25) is 0 Å². The molecular weight excluding hydrogens is 262 g/mol. The minimum absolute atomic E-state index is 0.0106. The molecule has 0 aromatic carbocycles. The number of hydrogen-bond acceptors (Lipinski definition) is 6. The molecule has 0 bridgehead atoms. The number of nitrogens with two attached hydrogens (primary N) is 1. The number of imidazole rings is 1. The summed E-state index contributed by atoms with van der Waals surface area (Å²) < 4.78 is 3.31. The van der Waals surface area contributed by atoms with Gasteiger partial charge in [-0.2, -0.15) is 0 Å². The van der Waals surface area contributed by atoms with E-state index < -0.39 is 4.92 Å². The van der Waals surface area contributed by atoms with E-state index in [4.69, 9.17) is 5.73 Å². The first-order valence-electron chi connectivity index (χ1n) is 6.43. The number of anilines is 1. The SMILES string of the molecule is Cc1ncc([N+](=O)[O-])n1CCn1nnc(N)c1C1CC1. The normalized spacial score (nSPS) is 14.7. The van der Waals surface area contributed by atoms with Crippen molar-refractivity contribution in [1.82, 2.24) is 24.5 Å². The Morgan fingerprint density at radius 1 is 1.50 bits per heavy atom. The number of hydrogen-bond donors (Lipinski definition) is 1. The maximum atomic E-state index is 10.9. The lowest BCUT2D eigenvalue weighted by Crippen LogP contribution is -2.14. The topological polar surface area (TPSA) is 118 Å². The van der Waals surface area contributed by atoms with E-state index in [2.05, 4.69) is 15.3 Å². The van der Waals surface area contributed by atoms with Crippen molar-refractivity contribution >= 4 is 11.6 Å². The quantitative estimate of drug-likeness (QED) is 0.639. The van der Waals surface area contributed by atoms with Gasteiger partial charge in [0.25, 0.3) is 0 Å². The van der Waals surface area contributed by atoms with Crippen LogP contribution in [-0.2, 0) is 13.1 Å². The number of nitrogens with zero attached hydrogens (tertiary/aromatic N) is 6. The molecule has 0 unspecified atom stereocenters. The fourth-order valence-electron chi connectivity index (χ4n) is 2.35. The molecule has 2 heterocycles. The first-order chi connectivity index (χ1) is 9.58. The van der Waals surface area contributed by atoms with Crippen molar-refractivity contribution in [2.24, 2.45) is 0 Å². The lowest BCUT2D eigenvalue weighted by atomic mass is 10.3. The standard InChI is InChI=1S/C11H15N7O2/c1-7-13-6-9(18(19)20)16(7)4-5-17-10(8-2-3-8)11(12)14-15-17/h6,8H,2-5,12H2,1H3. The Kier molecular flexibility index (Phi) is 2.88. The summed E-state index contributed by atoms with van der Waals surface area (Å²) in [5.41, 5.74) is 6.77. The molecule has 9 nitrogen and oxygen atoms in total. The molecule has 1 aliphatic rings. The molecule has 0 atom stereocenters. The second kappa shape index (κ2) is 4.58. The van der Waals surface area contributed by atoms with E-state index in [0.29, 0.717) is 30.6 Å². The Morgan fingerprint density at radius 2 is 2.25 bits per heavy atom. The van der Waals surface area contributed by atoms with Gasteiger partial charge < -0.3 is 15.8 Å². The van der Waals surface area contributed by atoms with Crippen LogP contribution < -0.4 is 5.73 Å². The molecule has 2 N–H and O–H groups in total.